The summed E-state index contributed by atoms with van der Waals surface area (Å²) < 4.78 is 0. The van der Waals surface area contributed by atoms with Gasteiger partial charge in [-0.05, 0) is 30.9 Å². The summed E-state index contributed by atoms with van der Waals surface area (Å²) in [5.41, 5.74) is 1.72. The molecule has 0 atom stereocenters. The molecule has 104 valence electrons. The molecule has 1 aliphatic carbocycles. The Kier molecular flexibility index (Phi) is 3.50. The Morgan fingerprint density at radius 1 is 1.20 bits per heavy atom. The lowest BCUT2D eigenvalue weighted by molar-refractivity contribution is 0.878. The maximum atomic E-state index is 4.56. The second kappa shape index (κ2) is 5.45. The van der Waals surface area contributed by atoms with Crippen molar-refractivity contribution in [2.75, 3.05) is 30.9 Å². The molecule has 1 saturated carbocycles. The van der Waals surface area contributed by atoms with E-state index < -0.39 is 0 Å². The average molecular weight is 269 g/mol. The molecule has 2 heterocycles. The molecular formula is C15H19N5. The Labute approximate surface area is 119 Å². The first-order valence-corrected chi connectivity index (χ1v) is 6.94. The van der Waals surface area contributed by atoms with Crippen LogP contribution in [0, 0.1) is 5.92 Å². The Morgan fingerprint density at radius 3 is 2.70 bits per heavy atom. The summed E-state index contributed by atoms with van der Waals surface area (Å²) >= 11 is 0. The molecule has 3 rings (SSSR count). The smallest absolute Gasteiger partial charge is 0.227 e. The lowest BCUT2D eigenvalue weighted by Gasteiger charge is -2.14. The van der Waals surface area contributed by atoms with Crippen LogP contribution in [0.25, 0.3) is 11.4 Å². The zero-order valence-electron chi connectivity index (χ0n) is 11.9. The standard InChI is InChI=1S/C15H19N5/c1-20(2)15-18-13(12-5-3-4-8-16-12)9-14(19-15)17-10-11-6-7-11/h3-5,8-9,11H,6-7,10H2,1-2H3,(H,17,18,19). The number of anilines is 2. The van der Waals surface area contributed by atoms with E-state index >= 15 is 0 Å². The lowest BCUT2D eigenvalue weighted by Crippen LogP contribution is -2.15. The van der Waals surface area contributed by atoms with Gasteiger partial charge in [0.25, 0.3) is 0 Å². The molecule has 0 aliphatic heterocycles. The van der Waals surface area contributed by atoms with Crippen LogP contribution in [0.2, 0.25) is 0 Å². The van der Waals surface area contributed by atoms with Gasteiger partial charge in [0.05, 0.1) is 11.4 Å². The molecule has 0 amide bonds. The van der Waals surface area contributed by atoms with Crippen LogP contribution >= 0.6 is 0 Å². The largest absolute Gasteiger partial charge is 0.370 e. The van der Waals surface area contributed by atoms with Crippen molar-refractivity contribution in [1.29, 1.82) is 0 Å². The van der Waals surface area contributed by atoms with Crippen LogP contribution in [0.4, 0.5) is 11.8 Å². The molecular weight excluding hydrogens is 250 g/mol. The van der Waals surface area contributed by atoms with Gasteiger partial charge in [-0.1, -0.05) is 6.07 Å². The summed E-state index contributed by atoms with van der Waals surface area (Å²) in [7, 11) is 3.89. The molecule has 1 aliphatic rings. The van der Waals surface area contributed by atoms with Crippen molar-refractivity contribution in [2.45, 2.75) is 12.8 Å². The van der Waals surface area contributed by atoms with Gasteiger partial charge in [0.1, 0.15) is 5.82 Å². The van der Waals surface area contributed by atoms with Gasteiger partial charge in [0.15, 0.2) is 0 Å². The van der Waals surface area contributed by atoms with Crippen molar-refractivity contribution in [3.05, 3.63) is 30.5 Å². The van der Waals surface area contributed by atoms with Crippen molar-refractivity contribution < 1.29 is 0 Å². The molecule has 5 nitrogen and oxygen atoms in total. The van der Waals surface area contributed by atoms with Crippen LogP contribution in [0.5, 0.6) is 0 Å². The van der Waals surface area contributed by atoms with Crippen LogP contribution in [0.1, 0.15) is 12.8 Å². The number of nitrogens with zero attached hydrogens (tertiary/aromatic N) is 4. The number of hydrogen-bond acceptors (Lipinski definition) is 5. The highest BCUT2D eigenvalue weighted by atomic mass is 15.2. The first-order chi connectivity index (χ1) is 9.72. The van der Waals surface area contributed by atoms with Gasteiger partial charge in [0, 0.05) is 32.9 Å². The van der Waals surface area contributed by atoms with E-state index in [-0.39, 0.29) is 0 Å². The zero-order chi connectivity index (χ0) is 13.9. The summed E-state index contributed by atoms with van der Waals surface area (Å²) in [5, 5.41) is 3.41. The fraction of sp³-hybridized carbons (Fsp3) is 0.400. The van der Waals surface area contributed by atoms with Gasteiger partial charge in [-0.25, -0.2) is 4.98 Å². The molecule has 20 heavy (non-hydrogen) atoms. The highest BCUT2D eigenvalue weighted by Gasteiger charge is 2.21. The van der Waals surface area contributed by atoms with Crippen molar-refractivity contribution in [2.24, 2.45) is 5.92 Å². The second-order valence-electron chi connectivity index (χ2n) is 5.37. The van der Waals surface area contributed by atoms with Gasteiger partial charge in [0.2, 0.25) is 5.95 Å². The highest BCUT2D eigenvalue weighted by Crippen LogP contribution is 2.29. The number of hydrogen-bond donors (Lipinski definition) is 1. The molecule has 0 spiro atoms. The maximum absolute atomic E-state index is 4.56. The number of aromatic nitrogens is 3. The first kappa shape index (κ1) is 12.8. The summed E-state index contributed by atoms with van der Waals surface area (Å²) in [6.07, 6.45) is 4.43. The van der Waals surface area contributed by atoms with Gasteiger partial charge in [-0.3, -0.25) is 4.98 Å². The molecule has 5 heteroatoms. The summed E-state index contributed by atoms with van der Waals surface area (Å²) in [6, 6.07) is 7.81. The van der Waals surface area contributed by atoms with E-state index in [4.69, 9.17) is 0 Å². The van der Waals surface area contributed by atoms with E-state index in [9.17, 15) is 0 Å². The van der Waals surface area contributed by atoms with Crippen molar-refractivity contribution >= 4 is 11.8 Å². The summed E-state index contributed by atoms with van der Waals surface area (Å²) in [5.74, 6) is 2.38. The molecule has 2 aromatic rings. The topological polar surface area (TPSA) is 53.9 Å². The number of rotatable bonds is 5. The quantitative estimate of drug-likeness (QED) is 0.903. The predicted octanol–water partition coefficient (Wildman–Crippen LogP) is 2.43. The molecule has 0 unspecified atom stereocenters. The highest BCUT2D eigenvalue weighted by molar-refractivity contribution is 5.61. The molecule has 0 bridgehead atoms. The van der Waals surface area contributed by atoms with Crippen LogP contribution in [0.3, 0.4) is 0 Å². The molecule has 1 fully saturated rings. The number of nitrogens with one attached hydrogen (secondary N) is 1. The Bertz CT molecular complexity index is 578. The number of pyridine rings is 1. The lowest BCUT2D eigenvalue weighted by atomic mass is 10.2. The van der Waals surface area contributed by atoms with E-state index in [1.165, 1.54) is 12.8 Å². The van der Waals surface area contributed by atoms with Crippen LogP contribution in [0.15, 0.2) is 30.5 Å². The molecule has 0 aromatic carbocycles. The minimum Gasteiger partial charge on any atom is -0.370 e. The third-order valence-corrected chi connectivity index (χ3v) is 3.31. The van der Waals surface area contributed by atoms with Crippen molar-refractivity contribution in [3.63, 3.8) is 0 Å². The second-order valence-corrected chi connectivity index (χ2v) is 5.37. The minimum atomic E-state index is 0.700. The fourth-order valence-electron chi connectivity index (χ4n) is 1.94. The molecule has 1 N–H and O–H groups in total. The minimum absolute atomic E-state index is 0.700. The maximum Gasteiger partial charge on any atom is 0.227 e. The van der Waals surface area contributed by atoms with E-state index in [0.29, 0.717) is 5.95 Å². The van der Waals surface area contributed by atoms with E-state index in [2.05, 4.69) is 20.3 Å². The third kappa shape index (κ3) is 3.04. The van der Waals surface area contributed by atoms with Crippen molar-refractivity contribution in [1.82, 2.24) is 15.0 Å². The van der Waals surface area contributed by atoms with Crippen LogP contribution in [-0.2, 0) is 0 Å². The van der Waals surface area contributed by atoms with Crippen LogP contribution in [-0.4, -0.2) is 35.6 Å². The van der Waals surface area contributed by atoms with Gasteiger partial charge in [-0.2, -0.15) is 4.98 Å². The molecule has 0 saturated heterocycles. The Hall–Kier alpha value is -2.17. The van der Waals surface area contributed by atoms with E-state index in [0.717, 1.165) is 29.7 Å². The predicted molar refractivity (Wildman–Crippen MR) is 80.8 cm³/mol. The van der Waals surface area contributed by atoms with E-state index in [1.54, 1.807) is 6.20 Å². The fourth-order valence-corrected chi connectivity index (χ4v) is 1.94. The Balaban J connectivity index is 1.91. The van der Waals surface area contributed by atoms with Crippen LogP contribution < -0.4 is 10.2 Å². The Morgan fingerprint density at radius 2 is 2.05 bits per heavy atom. The summed E-state index contributed by atoms with van der Waals surface area (Å²) in [6.45, 7) is 0.992. The van der Waals surface area contributed by atoms with Gasteiger partial charge >= 0.3 is 0 Å². The average Bonchev–Trinajstić information content (AvgIpc) is 3.30. The monoisotopic (exact) mass is 269 g/mol. The summed E-state index contributed by atoms with van der Waals surface area (Å²) in [4.78, 5) is 15.4. The zero-order valence-corrected chi connectivity index (χ0v) is 11.9. The normalized spacial score (nSPS) is 14.1. The third-order valence-electron chi connectivity index (χ3n) is 3.31. The van der Waals surface area contributed by atoms with Gasteiger partial charge < -0.3 is 10.2 Å². The molecule has 2 aromatic heterocycles. The van der Waals surface area contributed by atoms with Crippen molar-refractivity contribution in [3.8, 4) is 11.4 Å². The first-order valence-electron chi connectivity index (χ1n) is 6.94. The van der Waals surface area contributed by atoms with E-state index in [1.807, 2.05) is 43.3 Å². The SMILES string of the molecule is CN(C)c1nc(NCC2CC2)cc(-c2ccccn2)n1. The van der Waals surface area contributed by atoms with Gasteiger partial charge in [-0.15, -0.1) is 0 Å². The molecule has 0 radical (unpaired) electrons.